The van der Waals surface area contributed by atoms with Crippen molar-refractivity contribution in [3.05, 3.63) is 33.5 Å². The average molecular weight is 276 g/mol. The van der Waals surface area contributed by atoms with Crippen LogP contribution < -0.4 is 0 Å². The van der Waals surface area contributed by atoms with Crippen molar-refractivity contribution in [2.24, 2.45) is 0 Å². The maximum Gasteiger partial charge on any atom is 0.280 e. The predicted octanol–water partition coefficient (Wildman–Crippen LogP) is 2.53. The smallest absolute Gasteiger partial charge is 0.274 e. The molecule has 0 atom stereocenters. The van der Waals surface area contributed by atoms with E-state index in [-0.39, 0.29) is 5.56 Å². The molecule has 0 N–H and O–H groups in total. The highest BCUT2D eigenvalue weighted by atomic mass is 79.9. The van der Waals surface area contributed by atoms with Crippen LogP contribution in [0.4, 0.5) is 4.39 Å². The normalized spacial score (nSPS) is 10.2. The van der Waals surface area contributed by atoms with Gasteiger partial charge in [-0.3, -0.25) is 9.63 Å². The number of hydrogen-bond donors (Lipinski definition) is 0. The molecule has 3 nitrogen and oxygen atoms in total. The van der Waals surface area contributed by atoms with Crippen molar-refractivity contribution in [3.63, 3.8) is 0 Å². The third-order valence-electron chi connectivity index (χ3n) is 2.07. The molecule has 1 amide bonds. The summed E-state index contributed by atoms with van der Waals surface area (Å²) in [6, 6.07) is 3.11. The number of carbonyl (C=O) groups is 1. The Balaban J connectivity index is 3.16. The molecule has 0 aliphatic carbocycles. The Morgan fingerprint density at radius 1 is 1.53 bits per heavy atom. The van der Waals surface area contributed by atoms with Crippen LogP contribution in [0.15, 0.2) is 16.6 Å². The monoisotopic (exact) mass is 275 g/mol. The molecule has 0 radical (unpaired) electrons. The molecule has 0 saturated heterocycles. The molecule has 0 spiro atoms. The second-order valence-corrected chi connectivity index (χ2v) is 3.84. The number of halogens is 2. The molecule has 0 aromatic heterocycles. The highest BCUT2D eigenvalue weighted by Crippen LogP contribution is 2.23. The second kappa shape index (κ2) is 4.72. The van der Waals surface area contributed by atoms with Crippen molar-refractivity contribution in [1.29, 1.82) is 0 Å². The highest BCUT2D eigenvalue weighted by Gasteiger charge is 2.18. The summed E-state index contributed by atoms with van der Waals surface area (Å²) in [5.74, 6) is -1.08. The van der Waals surface area contributed by atoms with Crippen LogP contribution in [0.1, 0.15) is 15.9 Å². The largest absolute Gasteiger partial charge is 0.280 e. The number of nitrogens with zero attached hydrogens (tertiary/aromatic N) is 1. The molecule has 1 aromatic rings. The van der Waals surface area contributed by atoms with Crippen molar-refractivity contribution in [3.8, 4) is 0 Å². The van der Waals surface area contributed by atoms with Crippen LogP contribution in [-0.4, -0.2) is 25.1 Å². The summed E-state index contributed by atoms with van der Waals surface area (Å²) in [7, 11) is 2.77. The van der Waals surface area contributed by atoms with Gasteiger partial charge in [-0.15, -0.1) is 0 Å². The van der Waals surface area contributed by atoms with E-state index in [1.165, 1.54) is 20.2 Å². The molecular weight excluding hydrogens is 265 g/mol. The Kier molecular flexibility index (Phi) is 3.82. The zero-order valence-electron chi connectivity index (χ0n) is 8.67. The van der Waals surface area contributed by atoms with Gasteiger partial charge in [0.25, 0.3) is 5.91 Å². The Hall–Kier alpha value is -0.940. The third kappa shape index (κ3) is 2.35. The van der Waals surface area contributed by atoms with Gasteiger partial charge in [-0.05, 0) is 34.5 Å². The summed E-state index contributed by atoms with van der Waals surface area (Å²) < 4.78 is 14.0. The van der Waals surface area contributed by atoms with Gasteiger partial charge in [0.05, 0.1) is 17.1 Å². The quantitative estimate of drug-likeness (QED) is 0.777. The van der Waals surface area contributed by atoms with E-state index in [1.54, 1.807) is 13.0 Å². The van der Waals surface area contributed by atoms with E-state index in [2.05, 4.69) is 15.9 Å². The number of benzene rings is 1. The molecule has 0 heterocycles. The molecule has 1 rings (SSSR count). The van der Waals surface area contributed by atoms with Crippen molar-refractivity contribution >= 4 is 21.8 Å². The summed E-state index contributed by atoms with van der Waals surface area (Å²) in [6.07, 6.45) is 0. The van der Waals surface area contributed by atoms with Crippen molar-refractivity contribution < 1.29 is 14.0 Å². The first-order chi connectivity index (χ1) is 6.99. The SMILES string of the molecule is CON(C)C(=O)c1ccc(C)c(Br)c1F. The fourth-order valence-corrected chi connectivity index (χ4v) is 1.41. The molecule has 0 bridgehead atoms. The molecule has 5 heteroatoms. The first-order valence-electron chi connectivity index (χ1n) is 4.25. The minimum absolute atomic E-state index is 0.0168. The minimum Gasteiger partial charge on any atom is -0.274 e. The zero-order valence-corrected chi connectivity index (χ0v) is 10.3. The van der Waals surface area contributed by atoms with Gasteiger partial charge in [-0.1, -0.05) is 6.07 Å². The standard InChI is InChI=1S/C10H11BrFNO2/c1-6-4-5-7(9(12)8(6)11)10(14)13(2)15-3/h4-5H,1-3H3. The van der Waals surface area contributed by atoms with Crippen molar-refractivity contribution in [1.82, 2.24) is 5.06 Å². The molecule has 0 aliphatic heterocycles. The molecule has 0 aliphatic rings. The van der Waals surface area contributed by atoms with Crippen LogP contribution in [-0.2, 0) is 4.84 Å². The highest BCUT2D eigenvalue weighted by molar-refractivity contribution is 9.10. The van der Waals surface area contributed by atoms with Gasteiger partial charge in [0.2, 0.25) is 0 Å². The summed E-state index contributed by atoms with van der Waals surface area (Å²) in [4.78, 5) is 16.3. The van der Waals surface area contributed by atoms with Crippen LogP contribution in [0.3, 0.4) is 0 Å². The Bertz CT molecular complexity index is 395. The van der Waals surface area contributed by atoms with Gasteiger partial charge in [-0.2, -0.15) is 0 Å². The Morgan fingerprint density at radius 3 is 2.67 bits per heavy atom. The second-order valence-electron chi connectivity index (χ2n) is 3.04. The van der Waals surface area contributed by atoms with E-state index in [0.717, 1.165) is 10.6 Å². The maximum absolute atomic E-state index is 13.7. The molecular formula is C10H11BrFNO2. The lowest BCUT2D eigenvalue weighted by Gasteiger charge is -2.14. The lowest BCUT2D eigenvalue weighted by molar-refractivity contribution is -0.0759. The van der Waals surface area contributed by atoms with Gasteiger partial charge in [0.1, 0.15) is 5.82 Å². The Morgan fingerprint density at radius 2 is 2.13 bits per heavy atom. The fourth-order valence-electron chi connectivity index (χ4n) is 1.06. The number of aryl methyl sites for hydroxylation is 1. The lowest BCUT2D eigenvalue weighted by Crippen LogP contribution is -2.26. The number of hydroxylamine groups is 2. The van der Waals surface area contributed by atoms with Gasteiger partial charge in [0, 0.05) is 7.05 Å². The zero-order chi connectivity index (χ0) is 11.6. The molecule has 15 heavy (non-hydrogen) atoms. The first-order valence-corrected chi connectivity index (χ1v) is 5.05. The van der Waals surface area contributed by atoms with Crippen LogP contribution in [0.5, 0.6) is 0 Å². The van der Waals surface area contributed by atoms with Gasteiger partial charge in [0.15, 0.2) is 0 Å². The fraction of sp³-hybridized carbons (Fsp3) is 0.300. The van der Waals surface area contributed by atoms with E-state index in [1.807, 2.05) is 0 Å². The van der Waals surface area contributed by atoms with E-state index in [4.69, 9.17) is 4.84 Å². The molecule has 1 aromatic carbocycles. The predicted molar refractivity (Wildman–Crippen MR) is 57.9 cm³/mol. The average Bonchev–Trinajstić information content (AvgIpc) is 2.24. The number of carbonyl (C=O) groups excluding carboxylic acids is 1. The topological polar surface area (TPSA) is 29.5 Å². The van der Waals surface area contributed by atoms with Crippen molar-refractivity contribution in [2.45, 2.75) is 6.92 Å². The van der Waals surface area contributed by atoms with Crippen LogP contribution in [0, 0.1) is 12.7 Å². The maximum atomic E-state index is 13.7. The van der Waals surface area contributed by atoms with Gasteiger partial charge >= 0.3 is 0 Å². The van der Waals surface area contributed by atoms with E-state index in [0.29, 0.717) is 4.47 Å². The molecule has 0 fully saturated rings. The van der Waals surface area contributed by atoms with Crippen molar-refractivity contribution in [2.75, 3.05) is 14.2 Å². The van der Waals surface area contributed by atoms with Crippen LogP contribution >= 0.6 is 15.9 Å². The lowest BCUT2D eigenvalue weighted by atomic mass is 10.1. The molecule has 0 unspecified atom stereocenters. The van der Waals surface area contributed by atoms with Gasteiger partial charge in [-0.25, -0.2) is 9.45 Å². The Labute approximate surface area is 95.9 Å². The van der Waals surface area contributed by atoms with E-state index < -0.39 is 11.7 Å². The number of hydrogen-bond acceptors (Lipinski definition) is 2. The summed E-state index contributed by atoms with van der Waals surface area (Å²) in [5, 5.41) is 0.972. The molecule has 0 saturated carbocycles. The summed E-state index contributed by atoms with van der Waals surface area (Å²) in [6.45, 7) is 1.75. The summed E-state index contributed by atoms with van der Waals surface area (Å²) >= 11 is 3.08. The van der Waals surface area contributed by atoms with Crippen LogP contribution in [0.2, 0.25) is 0 Å². The number of rotatable bonds is 2. The molecule has 82 valence electrons. The minimum atomic E-state index is -0.566. The number of amides is 1. The van der Waals surface area contributed by atoms with Gasteiger partial charge < -0.3 is 0 Å². The third-order valence-corrected chi connectivity index (χ3v) is 3.04. The van der Waals surface area contributed by atoms with E-state index in [9.17, 15) is 9.18 Å². The van der Waals surface area contributed by atoms with E-state index >= 15 is 0 Å². The summed E-state index contributed by atoms with van der Waals surface area (Å²) in [5.41, 5.74) is 0.723. The van der Waals surface area contributed by atoms with Crippen LogP contribution in [0.25, 0.3) is 0 Å². The first kappa shape index (κ1) is 12.1.